The van der Waals surface area contributed by atoms with E-state index in [-0.39, 0.29) is 11.4 Å². The normalized spacial score (nSPS) is 12.7. The molecule has 0 unspecified atom stereocenters. The van der Waals surface area contributed by atoms with Crippen molar-refractivity contribution < 1.29 is 21.6 Å². The van der Waals surface area contributed by atoms with Crippen molar-refractivity contribution >= 4 is 15.7 Å². The zero-order chi connectivity index (χ0) is 16.1. The summed E-state index contributed by atoms with van der Waals surface area (Å²) in [4.78, 5) is -0.137. The summed E-state index contributed by atoms with van der Waals surface area (Å²) < 4.78 is 62.6. The molecule has 4 nitrogen and oxygen atoms in total. The first-order valence-electron chi connectivity index (χ1n) is 6.61. The molecule has 0 saturated heterocycles. The van der Waals surface area contributed by atoms with Crippen LogP contribution in [0.4, 0.5) is 18.9 Å². The third-order valence-corrected chi connectivity index (χ3v) is 4.56. The fraction of sp³-hybridized carbons (Fsp3) is 0.538. The summed E-state index contributed by atoms with van der Waals surface area (Å²) in [5.74, 6) is 0. The first-order valence-corrected chi connectivity index (χ1v) is 8.05. The van der Waals surface area contributed by atoms with E-state index >= 15 is 0 Å². The van der Waals surface area contributed by atoms with Gasteiger partial charge in [0.1, 0.15) is 6.54 Å². The van der Waals surface area contributed by atoms with Crippen LogP contribution in [0.25, 0.3) is 0 Å². The molecule has 0 spiro atoms. The third kappa shape index (κ3) is 5.20. The van der Waals surface area contributed by atoms with Crippen molar-refractivity contribution in [1.82, 2.24) is 4.31 Å². The van der Waals surface area contributed by atoms with Crippen LogP contribution in [0.1, 0.15) is 20.3 Å². The minimum absolute atomic E-state index is 0.137. The van der Waals surface area contributed by atoms with Crippen molar-refractivity contribution in [1.29, 1.82) is 0 Å². The maximum Gasteiger partial charge on any atom is 0.402 e. The highest BCUT2D eigenvalue weighted by Crippen LogP contribution is 2.23. The predicted molar refractivity (Wildman–Crippen MR) is 75.7 cm³/mol. The van der Waals surface area contributed by atoms with Crippen LogP contribution in [0.3, 0.4) is 0 Å². The summed E-state index contributed by atoms with van der Waals surface area (Å²) in [7, 11) is -4.14. The van der Waals surface area contributed by atoms with Crippen LogP contribution in [0.5, 0.6) is 0 Å². The van der Waals surface area contributed by atoms with E-state index in [4.69, 9.17) is 0 Å². The number of benzene rings is 1. The molecule has 1 aromatic rings. The second-order valence-electron chi connectivity index (χ2n) is 4.51. The first kappa shape index (κ1) is 17.8. The molecule has 1 rings (SSSR count). The highest BCUT2D eigenvalue weighted by molar-refractivity contribution is 7.89. The molecule has 0 bridgehead atoms. The Labute approximate surface area is 123 Å². The molecule has 0 aliphatic carbocycles. The largest absolute Gasteiger partial charge is 0.402 e. The van der Waals surface area contributed by atoms with Crippen LogP contribution in [-0.2, 0) is 10.0 Å². The number of rotatable bonds is 7. The minimum atomic E-state index is -4.56. The van der Waals surface area contributed by atoms with E-state index in [1.54, 1.807) is 6.92 Å². The van der Waals surface area contributed by atoms with Gasteiger partial charge in [-0.05, 0) is 37.6 Å². The second-order valence-corrected chi connectivity index (χ2v) is 6.45. The number of nitrogens with zero attached hydrogens (tertiary/aromatic N) is 1. The Kier molecular flexibility index (Phi) is 6.03. The molecule has 21 heavy (non-hydrogen) atoms. The van der Waals surface area contributed by atoms with Crippen molar-refractivity contribution in [3.8, 4) is 0 Å². The van der Waals surface area contributed by atoms with Gasteiger partial charge < -0.3 is 5.32 Å². The monoisotopic (exact) mass is 324 g/mol. The van der Waals surface area contributed by atoms with Crippen LogP contribution in [-0.4, -0.2) is 38.5 Å². The number of hydrogen-bond donors (Lipinski definition) is 1. The zero-order valence-corrected chi connectivity index (χ0v) is 12.8. The molecular weight excluding hydrogens is 305 g/mol. The van der Waals surface area contributed by atoms with E-state index in [0.717, 1.165) is 0 Å². The molecule has 1 aromatic carbocycles. The molecule has 120 valence electrons. The number of halogens is 3. The molecule has 0 aliphatic heterocycles. The summed E-state index contributed by atoms with van der Waals surface area (Å²) in [6, 6.07) is 5.70. The Hall–Kier alpha value is -1.28. The smallest absolute Gasteiger partial charge is 0.385 e. The van der Waals surface area contributed by atoms with Crippen molar-refractivity contribution in [2.45, 2.75) is 31.3 Å². The van der Waals surface area contributed by atoms with Crippen molar-refractivity contribution in [3.05, 3.63) is 24.3 Å². The fourth-order valence-electron chi connectivity index (χ4n) is 1.83. The van der Waals surface area contributed by atoms with Gasteiger partial charge in [0.05, 0.1) is 4.90 Å². The van der Waals surface area contributed by atoms with Crippen molar-refractivity contribution in [2.75, 3.05) is 25.0 Å². The lowest BCUT2D eigenvalue weighted by atomic mass is 10.3. The average molecular weight is 324 g/mol. The van der Waals surface area contributed by atoms with Gasteiger partial charge in [0.15, 0.2) is 0 Å². The van der Waals surface area contributed by atoms with Gasteiger partial charge in [0, 0.05) is 18.8 Å². The van der Waals surface area contributed by atoms with Gasteiger partial charge in [-0.1, -0.05) is 6.92 Å². The molecule has 0 fully saturated rings. The fourth-order valence-corrected chi connectivity index (χ4v) is 3.35. The number of nitrogens with one attached hydrogen (secondary N) is 1. The number of anilines is 1. The number of hydrogen-bond acceptors (Lipinski definition) is 3. The molecule has 0 heterocycles. The molecule has 1 N–H and O–H groups in total. The van der Waals surface area contributed by atoms with Crippen LogP contribution >= 0.6 is 0 Å². The highest BCUT2D eigenvalue weighted by Gasteiger charge is 2.36. The van der Waals surface area contributed by atoms with Crippen molar-refractivity contribution in [3.63, 3.8) is 0 Å². The Morgan fingerprint density at radius 1 is 1.14 bits per heavy atom. The van der Waals surface area contributed by atoms with Gasteiger partial charge >= 0.3 is 6.18 Å². The Balaban J connectivity index is 3.04. The van der Waals surface area contributed by atoms with E-state index in [2.05, 4.69) is 5.32 Å². The topological polar surface area (TPSA) is 49.4 Å². The van der Waals surface area contributed by atoms with Crippen molar-refractivity contribution in [2.24, 2.45) is 0 Å². The molecule has 8 heteroatoms. The molecule has 0 atom stereocenters. The zero-order valence-electron chi connectivity index (χ0n) is 11.9. The van der Waals surface area contributed by atoms with Crippen LogP contribution in [0.15, 0.2) is 29.2 Å². The van der Waals surface area contributed by atoms with Gasteiger partial charge in [0.2, 0.25) is 10.0 Å². The van der Waals surface area contributed by atoms with Crippen LogP contribution < -0.4 is 5.32 Å². The van der Waals surface area contributed by atoms with E-state index < -0.39 is 22.7 Å². The number of alkyl halides is 3. The summed E-state index contributed by atoms with van der Waals surface area (Å²) in [6.07, 6.45) is -4.25. The quantitative estimate of drug-likeness (QED) is 0.838. The SMILES string of the molecule is CCCN(CC(F)(F)F)S(=O)(=O)c1ccc(NCC)cc1. The molecule has 0 aromatic heterocycles. The van der Waals surface area contributed by atoms with Gasteiger partial charge in [-0.3, -0.25) is 0 Å². The Bertz CT molecular complexity index is 542. The van der Waals surface area contributed by atoms with E-state index in [1.165, 1.54) is 24.3 Å². The predicted octanol–water partition coefficient (Wildman–Crippen LogP) is 3.08. The summed E-state index contributed by atoms with van der Waals surface area (Å²) in [6.45, 7) is 2.54. The van der Waals surface area contributed by atoms with E-state index in [1.807, 2.05) is 6.92 Å². The van der Waals surface area contributed by atoms with Gasteiger partial charge in [-0.2, -0.15) is 17.5 Å². The highest BCUT2D eigenvalue weighted by atomic mass is 32.2. The minimum Gasteiger partial charge on any atom is -0.385 e. The molecule has 0 saturated carbocycles. The maximum absolute atomic E-state index is 12.5. The molecule has 0 radical (unpaired) electrons. The second kappa shape index (κ2) is 7.13. The Morgan fingerprint density at radius 2 is 1.71 bits per heavy atom. The van der Waals surface area contributed by atoms with Gasteiger partial charge in [-0.15, -0.1) is 0 Å². The molecular formula is C13H19F3N2O2S. The maximum atomic E-state index is 12.5. The summed E-state index contributed by atoms with van der Waals surface area (Å²) in [5.41, 5.74) is 0.717. The lowest BCUT2D eigenvalue weighted by Gasteiger charge is -2.23. The lowest BCUT2D eigenvalue weighted by molar-refractivity contribution is -0.136. The first-order chi connectivity index (χ1) is 9.70. The summed E-state index contributed by atoms with van der Waals surface area (Å²) >= 11 is 0. The van der Waals surface area contributed by atoms with E-state index in [9.17, 15) is 21.6 Å². The van der Waals surface area contributed by atoms with Crippen LogP contribution in [0.2, 0.25) is 0 Å². The molecule has 0 aliphatic rings. The molecule has 0 amide bonds. The average Bonchev–Trinajstić information content (AvgIpc) is 2.38. The standard InChI is InChI=1S/C13H19F3N2O2S/c1-3-9-18(10-13(14,15)16)21(19,20)12-7-5-11(6-8-12)17-4-2/h5-8,17H,3-4,9-10H2,1-2H3. The third-order valence-electron chi connectivity index (χ3n) is 2.70. The Morgan fingerprint density at radius 3 is 2.14 bits per heavy atom. The van der Waals surface area contributed by atoms with Gasteiger partial charge in [-0.25, -0.2) is 8.42 Å². The van der Waals surface area contributed by atoms with E-state index in [0.29, 0.717) is 23.0 Å². The summed E-state index contributed by atoms with van der Waals surface area (Å²) in [5, 5.41) is 2.99. The lowest BCUT2D eigenvalue weighted by Crippen LogP contribution is -2.39. The van der Waals surface area contributed by atoms with Gasteiger partial charge in [0.25, 0.3) is 0 Å². The van der Waals surface area contributed by atoms with Crippen LogP contribution in [0, 0.1) is 0 Å². The number of sulfonamides is 1.